The monoisotopic (exact) mass is 250 g/mol. The zero-order valence-electron chi connectivity index (χ0n) is 8.24. The summed E-state index contributed by atoms with van der Waals surface area (Å²) in [6.07, 6.45) is 0. The zero-order chi connectivity index (χ0) is 11.7. The third-order valence-corrected chi connectivity index (χ3v) is 1.69. The molecule has 0 unspecified atom stereocenters. The number of benzene rings is 1. The van der Waals surface area contributed by atoms with Gasteiger partial charge in [-0.15, -0.1) is 0 Å². The molecule has 1 rings (SSSR count). The summed E-state index contributed by atoms with van der Waals surface area (Å²) in [5.74, 6) is -0.915. The highest BCUT2D eigenvalue weighted by Gasteiger charge is 1.90. The Morgan fingerprint density at radius 2 is 1.93 bits per heavy atom. The minimum absolute atomic E-state index is 0.184. The normalized spacial score (nSPS) is 9.00. The van der Waals surface area contributed by atoms with Crippen molar-refractivity contribution in [1.82, 2.24) is 0 Å². The number of rotatable bonds is 3. The van der Waals surface area contributed by atoms with E-state index < -0.39 is 5.97 Å². The molecule has 0 aliphatic rings. The molecule has 0 spiro atoms. The summed E-state index contributed by atoms with van der Waals surface area (Å²) in [5, 5.41) is 9.28. The molecule has 3 nitrogen and oxygen atoms in total. The van der Waals surface area contributed by atoms with E-state index in [1.165, 1.54) is 0 Å². The Hall–Kier alpha value is -0.770. The Bertz CT molecular complexity index is 285. The number of halogens is 2. The van der Waals surface area contributed by atoms with E-state index in [0.717, 1.165) is 0 Å². The summed E-state index contributed by atoms with van der Waals surface area (Å²) in [6.45, 7) is 2.03. The van der Waals surface area contributed by atoms with Gasteiger partial charge in [0.05, 0.1) is 0 Å². The van der Waals surface area contributed by atoms with E-state index in [-0.39, 0.29) is 6.61 Å². The lowest BCUT2D eigenvalue weighted by Crippen LogP contribution is -2.05. The van der Waals surface area contributed by atoms with Crippen LogP contribution in [-0.4, -0.2) is 24.3 Å². The van der Waals surface area contributed by atoms with Gasteiger partial charge in [0.15, 0.2) is 0 Å². The minimum Gasteiger partial charge on any atom is -0.480 e. The SMILES string of the molecule is CCOCC(=O)O.Clc1cccc(Cl)c1. The fourth-order valence-electron chi connectivity index (χ4n) is 0.649. The highest BCUT2D eigenvalue weighted by molar-refractivity contribution is 6.34. The van der Waals surface area contributed by atoms with Gasteiger partial charge in [-0.1, -0.05) is 29.3 Å². The van der Waals surface area contributed by atoms with Crippen molar-refractivity contribution in [3.63, 3.8) is 0 Å². The van der Waals surface area contributed by atoms with Gasteiger partial charge < -0.3 is 9.84 Å². The fourth-order valence-corrected chi connectivity index (χ4v) is 1.09. The Morgan fingerprint density at radius 1 is 1.40 bits per heavy atom. The van der Waals surface area contributed by atoms with Gasteiger partial charge in [-0.2, -0.15) is 0 Å². The Kier molecular flexibility index (Phi) is 8.09. The van der Waals surface area contributed by atoms with Gasteiger partial charge in [-0.3, -0.25) is 0 Å². The van der Waals surface area contributed by atoms with Crippen LogP contribution in [0, 0.1) is 0 Å². The maximum absolute atomic E-state index is 9.63. The second kappa shape index (κ2) is 8.53. The second-order valence-corrected chi connectivity index (χ2v) is 3.34. The molecule has 0 aliphatic heterocycles. The van der Waals surface area contributed by atoms with E-state index >= 15 is 0 Å². The number of carbonyl (C=O) groups is 1. The summed E-state index contributed by atoms with van der Waals surface area (Å²) in [5.41, 5.74) is 0. The number of hydrogen-bond acceptors (Lipinski definition) is 2. The molecular formula is C10H12Cl2O3. The third-order valence-electron chi connectivity index (χ3n) is 1.22. The van der Waals surface area contributed by atoms with Crippen molar-refractivity contribution < 1.29 is 14.6 Å². The molecule has 15 heavy (non-hydrogen) atoms. The van der Waals surface area contributed by atoms with Crippen molar-refractivity contribution in [2.75, 3.05) is 13.2 Å². The molecule has 0 saturated carbocycles. The summed E-state index contributed by atoms with van der Waals surface area (Å²) in [6, 6.07) is 7.08. The first-order valence-electron chi connectivity index (χ1n) is 4.27. The molecule has 0 aromatic heterocycles. The van der Waals surface area contributed by atoms with E-state index in [9.17, 15) is 4.79 Å². The molecule has 0 fully saturated rings. The highest BCUT2D eigenvalue weighted by atomic mass is 35.5. The van der Waals surface area contributed by atoms with Crippen molar-refractivity contribution in [3.8, 4) is 0 Å². The molecule has 0 bridgehead atoms. The van der Waals surface area contributed by atoms with Gasteiger partial charge in [0.1, 0.15) is 6.61 Å². The first-order chi connectivity index (χ1) is 7.06. The summed E-state index contributed by atoms with van der Waals surface area (Å²) in [7, 11) is 0. The van der Waals surface area contributed by atoms with Crippen LogP contribution >= 0.6 is 23.2 Å². The van der Waals surface area contributed by atoms with Crippen LogP contribution in [0.15, 0.2) is 24.3 Å². The maximum atomic E-state index is 9.63. The molecule has 0 radical (unpaired) electrons. The van der Waals surface area contributed by atoms with E-state index in [0.29, 0.717) is 16.7 Å². The molecule has 5 heteroatoms. The Labute approximate surface area is 98.6 Å². The largest absolute Gasteiger partial charge is 0.480 e. The van der Waals surface area contributed by atoms with Crippen molar-refractivity contribution in [2.45, 2.75) is 6.92 Å². The average Bonchev–Trinajstić information content (AvgIpc) is 2.15. The molecule has 0 heterocycles. The van der Waals surface area contributed by atoms with Crippen LogP contribution in [0.3, 0.4) is 0 Å². The van der Waals surface area contributed by atoms with Crippen LogP contribution < -0.4 is 0 Å². The first kappa shape index (κ1) is 14.2. The van der Waals surface area contributed by atoms with E-state index in [1.807, 2.05) is 6.07 Å². The summed E-state index contributed by atoms with van der Waals surface area (Å²) < 4.78 is 4.50. The van der Waals surface area contributed by atoms with Crippen molar-refractivity contribution >= 4 is 29.2 Å². The average molecular weight is 251 g/mol. The van der Waals surface area contributed by atoms with E-state index in [1.54, 1.807) is 25.1 Å². The van der Waals surface area contributed by atoms with Gasteiger partial charge in [-0.05, 0) is 25.1 Å². The van der Waals surface area contributed by atoms with Crippen molar-refractivity contribution in [1.29, 1.82) is 0 Å². The number of hydrogen-bond donors (Lipinski definition) is 1. The third kappa shape index (κ3) is 9.53. The molecule has 1 N–H and O–H groups in total. The van der Waals surface area contributed by atoms with Gasteiger partial charge in [0.2, 0.25) is 0 Å². The lowest BCUT2D eigenvalue weighted by atomic mass is 10.4. The number of aliphatic carboxylic acids is 1. The quantitative estimate of drug-likeness (QED) is 0.897. The molecule has 1 aromatic carbocycles. The van der Waals surface area contributed by atoms with Gasteiger partial charge >= 0.3 is 5.97 Å². The molecular weight excluding hydrogens is 239 g/mol. The van der Waals surface area contributed by atoms with Crippen LogP contribution in [0.4, 0.5) is 0 Å². The van der Waals surface area contributed by atoms with Gasteiger partial charge in [0.25, 0.3) is 0 Å². The van der Waals surface area contributed by atoms with Crippen molar-refractivity contribution in [3.05, 3.63) is 34.3 Å². The topological polar surface area (TPSA) is 46.5 Å². The van der Waals surface area contributed by atoms with E-state index in [2.05, 4.69) is 4.74 Å². The fraction of sp³-hybridized carbons (Fsp3) is 0.300. The maximum Gasteiger partial charge on any atom is 0.329 e. The van der Waals surface area contributed by atoms with Crippen molar-refractivity contribution in [2.24, 2.45) is 0 Å². The first-order valence-corrected chi connectivity index (χ1v) is 5.02. The standard InChI is InChI=1S/C6H4Cl2.C4H8O3/c7-5-2-1-3-6(8)4-5;1-2-7-3-4(5)6/h1-4H;2-3H2,1H3,(H,5,6). The van der Waals surface area contributed by atoms with Crippen LogP contribution in [0.1, 0.15) is 6.92 Å². The number of ether oxygens (including phenoxy) is 1. The van der Waals surface area contributed by atoms with Crippen LogP contribution in [-0.2, 0) is 9.53 Å². The highest BCUT2D eigenvalue weighted by Crippen LogP contribution is 2.13. The van der Waals surface area contributed by atoms with Gasteiger partial charge in [-0.25, -0.2) is 4.79 Å². The Morgan fingerprint density at radius 3 is 2.13 bits per heavy atom. The molecule has 0 amide bonds. The lowest BCUT2D eigenvalue weighted by molar-refractivity contribution is -0.142. The predicted octanol–water partition coefficient (Wildman–Crippen LogP) is 3.10. The minimum atomic E-state index is -0.915. The number of carboxylic acid groups (broad SMARTS) is 1. The molecule has 84 valence electrons. The Balaban J connectivity index is 0.000000265. The second-order valence-electron chi connectivity index (χ2n) is 2.47. The summed E-state index contributed by atoms with van der Waals surface area (Å²) >= 11 is 11.1. The smallest absolute Gasteiger partial charge is 0.329 e. The zero-order valence-corrected chi connectivity index (χ0v) is 9.76. The van der Waals surface area contributed by atoms with Crippen LogP contribution in [0.25, 0.3) is 0 Å². The lowest BCUT2D eigenvalue weighted by Gasteiger charge is -1.90. The molecule has 1 aromatic rings. The molecule has 0 aliphatic carbocycles. The van der Waals surface area contributed by atoms with Gasteiger partial charge in [0, 0.05) is 16.7 Å². The summed E-state index contributed by atoms with van der Waals surface area (Å²) in [4.78, 5) is 9.63. The van der Waals surface area contributed by atoms with E-state index in [4.69, 9.17) is 28.3 Å². The molecule has 0 atom stereocenters. The van der Waals surface area contributed by atoms with Crippen LogP contribution in [0.2, 0.25) is 10.0 Å². The molecule has 0 saturated heterocycles. The number of carboxylic acids is 1. The predicted molar refractivity (Wildman–Crippen MR) is 60.6 cm³/mol. The van der Waals surface area contributed by atoms with Crippen LogP contribution in [0.5, 0.6) is 0 Å².